The summed E-state index contributed by atoms with van der Waals surface area (Å²) >= 11 is 5.69. The topological polar surface area (TPSA) is 33.2 Å². The molecule has 1 aromatic heterocycles. The number of alkyl halides is 1. The van der Waals surface area contributed by atoms with Gasteiger partial charge in [0.05, 0.1) is 0 Å². The van der Waals surface area contributed by atoms with Crippen molar-refractivity contribution < 1.29 is 4.79 Å². The van der Waals surface area contributed by atoms with Gasteiger partial charge in [-0.15, -0.1) is 11.6 Å². The molecule has 0 aliphatic heterocycles. The van der Waals surface area contributed by atoms with E-state index in [-0.39, 0.29) is 5.91 Å². The molecule has 1 fully saturated rings. The SMILES string of the molecule is O=C(c1ccccn1)N(CCCl)C1CC1. The van der Waals surface area contributed by atoms with Crippen LogP contribution in [-0.4, -0.2) is 34.3 Å². The van der Waals surface area contributed by atoms with Crippen molar-refractivity contribution in [3.05, 3.63) is 30.1 Å². The third kappa shape index (κ3) is 2.48. The van der Waals surface area contributed by atoms with Crippen LogP contribution in [0.4, 0.5) is 0 Å². The van der Waals surface area contributed by atoms with Gasteiger partial charge in [0.2, 0.25) is 0 Å². The standard InChI is InChI=1S/C11H13ClN2O/c12-6-8-14(9-4-5-9)11(15)10-3-1-2-7-13-10/h1-3,7,9H,4-6,8H2. The number of rotatable bonds is 4. The van der Waals surface area contributed by atoms with E-state index in [1.807, 2.05) is 11.0 Å². The van der Waals surface area contributed by atoms with E-state index in [4.69, 9.17) is 11.6 Å². The van der Waals surface area contributed by atoms with Gasteiger partial charge in [-0.2, -0.15) is 0 Å². The molecule has 1 aliphatic rings. The van der Waals surface area contributed by atoms with Crippen LogP contribution in [0.1, 0.15) is 23.3 Å². The molecule has 0 atom stereocenters. The van der Waals surface area contributed by atoms with Crippen LogP contribution in [0.2, 0.25) is 0 Å². The number of pyridine rings is 1. The lowest BCUT2D eigenvalue weighted by Crippen LogP contribution is -2.35. The van der Waals surface area contributed by atoms with Crippen molar-refractivity contribution in [3.8, 4) is 0 Å². The molecule has 3 nitrogen and oxygen atoms in total. The minimum absolute atomic E-state index is 0.00116. The van der Waals surface area contributed by atoms with Gasteiger partial charge < -0.3 is 4.90 Å². The highest BCUT2D eigenvalue weighted by Gasteiger charge is 2.32. The molecule has 0 spiro atoms. The fourth-order valence-electron chi connectivity index (χ4n) is 1.56. The van der Waals surface area contributed by atoms with Crippen molar-refractivity contribution in [1.29, 1.82) is 0 Å². The molecule has 0 bridgehead atoms. The van der Waals surface area contributed by atoms with E-state index in [0.717, 1.165) is 12.8 Å². The fourth-order valence-corrected chi connectivity index (χ4v) is 1.75. The van der Waals surface area contributed by atoms with Gasteiger partial charge in [-0.3, -0.25) is 9.78 Å². The molecule has 4 heteroatoms. The van der Waals surface area contributed by atoms with E-state index in [1.54, 1.807) is 18.3 Å². The summed E-state index contributed by atoms with van der Waals surface area (Å²) in [5, 5.41) is 0. The van der Waals surface area contributed by atoms with Crippen molar-refractivity contribution in [2.45, 2.75) is 18.9 Å². The van der Waals surface area contributed by atoms with E-state index < -0.39 is 0 Å². The smallest absolute Gasteiger partial charge is 0.272 e. The molecule has 1 aliphatic carbocycles. The number of amides is 1. The fraction of sp³-hybridized carbons (Fsp3) is 0.455. The zero-order valence-corrected chi connectivity index (χ0v) is 9.15. The van der Waals surface area contributed by atoms with Crippen LogP contribution >= 0.6 is 11.6 Å². The summed E-state index contributed by atoms with van der Waals surface area (Å²) in [6.45, 7) is 0.613. The van der Waals surface area contributed by atoms with E-state index >= 15 is 0 Å². The van der Waals surface area contributed by atoms with Gasteiger partial charge in [0.1, 0.15) is 5.69 Å². The van der Waals surface area contributed by atoms with Gasteiger partial charge in [0, 0.05) is 24.7 Å². The number of halogens is 1. The molecule has 1 aromatic rings. The lowest BCUT2D eigenvalue weighted by molar-refractivity contribution is 0.0748. The Kier molecular flexibility index (Phi) is 3.21. The van der Waals surface area contributed by atoms with Crippen molar-refractivity contribution in [2.75, 3.05) is 12.4 Å². The van der Waals surface area contributed by atoms with Gasteiger partial charge in [0.15, 0.2) is 0 Å². The van der Waals surface area contributed by atoms with Crippen LogP contribution in [0.3, 0.4) is 0 Å². The monoisotopic (exact) mass is 224 g/mol. The van der Waals surface area contributed by atoms with Crippen molar-refractivity contribution in [2.24, 2.45) is 0 Å². The minimum atomic E-state index is -0.00116. The summed E-state index contributed by atoms with van der Waals surface area (Å²) in [6, 6.07) is 5.76. The van der Waals surface area contributed by atoms with Crippen LogP contribution in [0.15, 0.2) is 24.4 Å². The van der Waals surface area contributed by atoms with Gasteiger partial charge in [0.25, 0.3) is 5.91 Å². The van der Waals surface area contributed by atoms with E-state index in [2.05, 4.69) is 4.98 Å². The molecule has 1 heterocycles. The second kappa shape index (κ2) is 4.62. The molecule has 1 amide bonds. The first-order valence-corrected chi connectivity index (χ1v) is 5.64. The number of nitrogens with zero attached hydrogens (tertiary/aromatic N) is 2. The Hall–Kier alpha value is -1.09. The lowest BCUT2D eigenvalue weighted by atomic mass is 10.3. The molecule has 2 rings (SSSR count). The zero-order valence-electron chi connectivity index (χ0n) is 8.40. The first-order valence-electron chi connectivity index (χ1n) is 5.11. The normalized spacial score (nSPS) is 15.0. The first-order chi connectivity index (χ1) is 7.33. The largest absolute Gasteiger partial charge is 0.333 e. The molecule has 0 saturated heterocycles. The molecule has 0 N–H and O–H groups in total. The maximum Gasteiger partial charge on any atom is 0.272 e. The summed E-state index contributed by atoms with van der Waals surface area (Å²) in [7, 11) is 0. The molecule has 0 unspecified atom stereocenters. The quantitative estimate of drug-likeness (QED) is 0.733. The van der Waals surface area contributed by atoms with Gasteiger partial charge in [-0.1, -0.05) is 6.07 Å². The molecule has 1 saturated carbocycles. The van der Waals surface area contributed by atoms with E-state index in [0.29, 0.717) is 24.2 Å². The van der Waals surface area contributed by atoms with Crippen molar-refractivity contribution in [1.82, 2.24) is 9.88 Å². The number of aromatic nitrogens is 1. The first kappa shape index (κ1) is 10.4. The maximum absolute atomic E-state index is 12.0. The third-order valence-corrected chi connectivity index (χ3v) is 2.63. The van der Waals surface area contributed by atoms with Crippen molar-refractivity contribution in [3.63, 3.8) is 0 Å². The molecule has 80 valence electrons. The van der Waals surface area contributed by atoms with Crippen LogP contribution < -0.4 is 0 Å². The summed E-state index contributed by atoms with van der Waals surface area (Å²) in [5.74, 6) is 0.480. The predicted octanol–water partition coefficient (Wildman–Crippen LogP) is 1.93. The molecule has 15 heavy (non-hydrogen) atoms. The van der Waals surface area contributed by atoms with E-state index in [1.165, 1.54) is 0 Å². The Balaban J connectivity index is 2.10. The average Bonchev–Trinajstić information content (AvgIpc) is 3.10. The molecular weight excluding hydrogens is 212 g/mol. The maximum atomic E-state index is 12.0. The molecular formula is C11H13ClN2O. The second-order valence-corrected chi connectivity index (χ2v) is 4.01. The summed E-state index contributed by atoms with van der Waals surface area (Å²) in [6.07, 6.45) is 3.82. The minimum Gasteiger partial charge on any atom is -0.333 e. The lowest BCUT2D eigenvalue weighted by Gasteiger charge is -2.20. The summed E-state index contributed by atoms with van der Waals surface area (Å²) in [4.78, 5) is 17.9. The van der Waals surface area contributed by atoms with Crippen molar-refractivity contribution >= 4 is 17.5 Å². The Morgan fingerprint density at radius 3 is 2.87 bits per heavy atom. The number of carbonyl (C=O) groups excluding carboxylic acids is 1. The molecule has 0 aromatic carbocycles. The second-order valence-electron chi connectivity index (χ2n) is 3.63. The predicted molar refractivity (Wildman–Crippen MR) is 59.0 cm³/mol. The highest BCUT2D eigenvalue weighted by molar-refractivity contribution is 6.18. The Bertz CT molecular complexity index is 338. The third-order valence-electron chi connectivity index (χ3n) is 2.46. The number of hydrogen-bond donors (Lipinski definition) is 0. The zero-order chi connectivity index (χ0) is 10.7. The average molecular weight is 225 g/mol. The van der Waals surface area contributed by atoms with Crippen LogP contribution in [-0.2, 0) is 0 Å². The van der Waals surface area contributed by atoms with Gasteiger partial charge in [-0.05, 0) is 25.0 Å². The highest BCUT2D eigenvalue weighted by atomic mass is 35.5. The highest BCUT2D eigenvalue weighted by Crippen LogP contribution is 2.27. The Labute approximate surface area is 94.1 Å². The van der Waals surface area contributed by atoms with Gasteiger partial charge >= 0.3 is 0 Å². The van der Waals surface area contributed by atoms with Gasteiger partial charge in [-0.25, -0.2) is 0 Å². The van der Waals surface area contributed by atoms with Crippen LogP contribution in [0.5, 0.6) is 0 Å². The van der Waals surface area contributed by atoms with E-state index in [9.17, 15) is 4.79 Å². The molecule has 0 radical (unpaired) electrons. The van der Waals surface area contributed by atoms with Crippen LogP contribution in [0, 0.1) is 0 Å². The number of hydrogen-bond acceptors (Lipinski definition) is 2. The summed E-state index contributed by atoms with van der Waals surface area (Å²) in [5.41, 5.74) is 0.509. The Morgan fingerprint density at radius 1 is 1.53 bits per heavy atom. The van der Waals surface area contributed by atoms with Crippen LogP contribution in [0.25, 0.3) is 0 Å². The Morgan fingerprint density at radius 2 is 2.33 bits per heavy atom. The summed E-state index contributed by atoms with van der Waals surface area (Å²) < 4.78 is 0. The number of carbonyl (C=O) groups is 1.